The third-order valence-electron chi connectivity index (χ3n) is 2.76. The first-order valence-electron chi connectivity index (χ1n) is 6.57. The highest BCUT2D eigenvalue weighted by Gasteiger charge is 2.22. The number of hydrogen-bond donors (Lipinski definition) is 1. The highest BCUT2D eigenvalue weighted by atomic mass is 19.1. The number of aliphatic hydroxyl groups excluding tert-OH is 1. The molecule has 0 bridgehead atoms. The summed E-state index contributed by atoms with van der Waals surface area (Å²) in [5.74, 6) is -0.986. The van der Waals surface area contributed by atoms with Gasteiger partial charge in [0, 0.05) is 5.56 Å². The standard InChI is InChI=1S/C14H16FN3O3/c1-3-21-14(20)12-13(10-4-6-11(15)7-5-10)18(17-16-12)8-9(2)19/h4-7,9,19H,3,8H2,1-2H3. The van der Waals surface area contributed by atoms with Crippen molar-refractivity contribution in [2.24, 2.45) is 0 Å². The Labute approximate surface area is 121 Å². The highest BCUT2D eigenvalue weighted by molar-refractivity contribution is 5.94. The number of hydrogen-bond acceptors (Lipinski definition) is 5. The van der Waals surface area contributed by atoms with Crippen LogP contribution < -0.4 is 0 Å². The van der Waals surface area contributed by atoms with E-state index < -0.39 is 12.1 Å². The average Bonchev–Trinajstić information content (AvgIpc) is 2.83. The second-order valence-corrected chi connectivity index (χ2v) is 4.55. The normalized spacial score (nSPS) is 12.2. The summed E-state index contributed by atoms with van der Waals surface area (Å²) in [6, 6.07) is 5.61. The zero-order valence-corrected chi connectivity index (χ0v) is 11.8. The lowest BCUT2D eigenvalue weighted by molar-refractivity contribution is 0.0520. The maximum Gasteiger partial charge on any atom is 0.361 e. The molecule has 0 saturated heterocycles. The van der Waals surface area contributed by atoms with Gasteiger partial charge in [-0.15, -0.1) is 5.10 Å². The van der Waals surface area contributed by atoms with Crippen molar-refractivity contribution < 1.29 is 19.0 Å². The molecule has 1 aromatic heterocycles. The first kappa shape index (κ1) is 15.1. The average molecular weight is 293 g/mol. The Hall–Kier alpha value is -2.28. The minimum Gasteiger partial charge on any atom is -0.461 e. The third kappa shape index (κ3) is 3.43. The molecular formula is C14H16FN3O3. The number of carbonyl (C=O) groups is 1. The Morgan fingerprint density at radius 3 is 2.67 bits per heavy atom. The van der Waals surface area contributed by atoms with E-state index in [1.807, 2.05) is 0 Å². The molecule has 1 N–H and O–H groups in total. The number of carbonyl (C=O) groups excluding carboxylic acids is 1. The van der Waals surface area contributed by atoms with E-state index in [9.17, 15) is 14.3 Å². The molecular weight excluding hydrogens is 277 g/mol. The number of aromatic nitrogens is 3. The van der Waals surface area contributed by atoms with Crippen LogP contribution in [-0.4, -0.2) is 38.8 Å². The van der Waals surface area contributed by atoms with Gasteiger partial charge in [0.05, 0.1) is 19.3 Å². The summed E-state index contributed by atoms with van der Waals surface area (Å²) in [6.45, 7) is 3.67. The Kier molecular flexibility index (Phi) is 4.64. The molecule has 1 atom stereocenters. The summed E-state index contributed by atoms with van der Waals surface area (Å²) in [5.41, 5.74) is 1.02. The van der Waals surface area contributed by atoms with Gasteiger partial charge in [0.1, 0.15) is 11.5 Å². The van der Waals surface area contributed by atoms with E-state index >= 15 is 0 Å². The smallest absolute Gasteiger partial charge is 0.361 e. The second kappa shape index (κ2) is 6.45. The molecule has 6 nitrogen and oxygen atoms in total. The largest absolute Gasteiger partial charge is 0.461 e. The SMILES string of the molecule is CCOC(=O)c1nnn(CC(C)O)c1-c1ccc(F)cc1. The van der Waals surface area contributed by atoms with Crippen LogP contribution in [0.25, 0.3) is 11.3 Å². The van der Waals surface area contributed by atoms with E-state index in [2.05, 4.69) is 10.3 Å². The van der Waals surface area contributed by atoms with Gasteiger partial charge >= 0.3 is 5.97 Å². The molecule has 0 radical (unpaired) electrons. The molecule has 1 heterocycles. The van der Waals surface area contributed by atoms with Crippen LogP contribution in [-0.2, 0) is 11.3 Å². The highest BCUT2D eigenvalue weighted by Crippen LogP contribution is 2.23. The number of esters is 1. The molecule has 1 aromatic carbocycles. The predicted molar refractivity (Wildman–Crippen MR) is 73.1 cm³/mol. The summed E-state index contributed by atoms with van der Waals surface area (Å²) in [4.78, 5) is 11.9. The van der Waals surface area contributed by atoms with Crippen LogP contribution in [0, 0.1) is 5.82 Å². The van der Waals surface area contributed by atoms with Crippen molar-refractivity contribution >= 4 is 5.97 Å². The summed E-state index contributed by atoms with van der Waals surface area (Å²) >= 11 is 0. The third-order valence-corrected chi connectivity index (χ3v) is 2.76. The Morgan fingerprint density at radius 1 is 1.43 bits per heavy atom. The Bertz CT molecular complexity index is 623. The van der Waals surface area contributed by atoms with Gasteiger partial charge in [0.15, 0.2) is 5.69 Å². The summed E-state index contributed by atoms with van der Waals surface area (Å²) in [5, 5.41) is 17.2. The Balaban J connectivity index is 2.49. The van der Waals surface area contributed by atoms with Gasteiger partial charge in [0.25, 0.3) is 0 Å². The van der Waals surface area contributed by atoms with Crippen molar-refractivity contribution in [3.05, 3.63) is 35.8 Å². The van der Waals surface area contributed by atoms with Gasteiger partial charge in [-0.05, 0) is 38.1 Å². The summed E-state index contributed by atoms with van der Waals surface area (Å²) in [7, 11) is 0. The van der Waals surface area contributed by atoms with E-state index in [0.717, 1.165) is 0 Å². The number of ether oxygens (including phenoxy) is 1. The van der Waals surface area contributed by atoms with Crippen LogP contribution >= 0.6 is 0 Å². The van der Waals surface area contributed by atoms with Gasteiger partial charge in [-0.1, -0.05) is 5.21 Å². The van der Waals surface area contributed by atoms with Gasteiger partial charge in [-0.3, -0.25) is 0 Å². The number of nitrogens with zero attached hydrogens (tertiary/aromatic N) is 3. The van der Waals surface area contributed by atoms with Gasteiger partial charge in [0.2, 0.25) is 0 Å². The number of halogens is 1. The molecule has 0 aliphatic heterocycles. The minimum absolute atomic E-state index is 0.0455. The van der Waals surface area contributed by atoms with Crippen molar-refractivity contribution in [1.82, 2.24) is 15.0 Å². The Morgan fingerprint density at radius 2 is 2.10 bits per heavy atom. The second-order valence-electron chi connectivity index (χ2n) is 4.55. The lowest BCUT2D eigenvalue weighted by Crippen LogP contribution is -2.15. The van der Waals surface area contributed by atoms with Crippen LogP contribution in [0.1, 0.15) is 24.3 Å². The van der Waals surface area contributed by atoms with Crippen molar-refractivity contribution in [3.63, 3.8) is 0 Å². The first-order valence-corrected chi connectivity index (χ1v) is 6.57. The molecule has 0 spiro atoms. The molecule has 2 aromatic rings. The number of aliphatic hydroxyl groups is 1. The van der Waals surface area contributed by atoms with E-state index in [4.69, 9.17) is 4.74 Å². The van der Waals surface area contributed by atoms with Gasteiger partial charge < -0.3 is 9.84 Å². The van der Waals surface area contributed by atoms with Gasteiger partial charge in [-0.25, -0.2) is 13.9 Å². The van der Waals surface area contributed by atoms with E-state index in [1.54, 1.807) is 13.8 Å². The zero-order chi connectivity index (χ0) is 15.4. The fraction of sp³-hybridized carbons (Fsp3) is 0.357. The van der Waals surface area contributed by atoms with Crippen molar-refractivity contribution in [2.75, 3.05) is 6.61 Å². The van der Waals surface area contributed by atoms with Crippen molar-refractivity contribution in [1.29, 1.82) is 0 Å². The van der Waals surface area contributed by atoms with E-state index in [1.165, 1.54) is 28.9 Å². The van der Waals surface area contributed by atoms with Crippen LogP contribution in [0.15, 0.2) is 24.3 Å². The molecule has 7 heteroatoms. The van der Waals surface area contributed by atoms with Crippen LogP contribution in [0.4, 0.5) is 4.39 Å². The van der Waals surface area contributed by atoms with Crippen molar-refractivity contribution in [3.8, 4) is 11.3 Å². The van der Waals surface area contributed by atoms with Crippen molar-refractivity contribution in [2.45, 2.75) is 26.5 Å². The molecule has 2 rings (SSSR count). The quantitative estimate of drug-likeness (QED) is 0.848. The zero-order valence-electron chi connectivity index (χ0n) is 11.8. The monoisotopic (exact) mass is 293 g/mol. The first-order chi connectivity index (χ1) is 10.0. The molecule has 0 amide bonds. The molecule has 21 heavy (non-hydrogen) atoms. The molecule has 0 aliphatic rings. The van der Waals surface area contributed by atoms with Gasteiger partial charge in [-0.2, -0.15) is 0 Å². The van der Waals surface area contributed by atoms with E-state index in [0.29, 0.717) is 11.3 Å². The molecule has 112 valence electrons. The molecule has 0 fully saturated rings. The number of benzene rings is 1. The topological polar surface area (TPSA) is 77.2 Å². The molecule has 1 unspecified atom stereocenters. The number of rotatable bonds is 5. The van der Waals surface area contributed by atoms with Crippen LogP contribution in [0.2, 0.25) is 0 Å². The molecule has 0 aliphatic carbocycles. The van der Waals surface area contributed by atoms with E-state index in [-0.39, 0.29) is 24.7 Å². The fourth-order valence-electron chi connectivity index (χ4n) is 1.92. The summed E-state index contributed by atoms with van der Waals surface area (Å²) in [6.07, 6.45) is -0.666. The molecule has 0 saturated carbocycles. The predicted octanol–water partition coefficient (Wildman–Crippen LogP) is 1.64. The lowest BCUT2D eigenvalue weighted by atomic mass is 10.1. The maximum atomic E-state index is 13.0. The van der Waals surface area contributed by atoms with Crippen LogP contribution in [0.5, 0.6) is 0 Å². The summed E-state index contributed by atoms with van der Waals surface area (Å²) < 4.78 is 19.4. The van der Waals surface area contributed by atoms with Crippen LogP contribution in [0.3, 0.4) is 0 Å². The minimum atomic E-state index is -0.666. The fourth-order valence-corrected chi connectivity index (χ4v) is 1.92. The maximum absolute atomic E-state index is 13.0. The lowest BCUT2D eigenvalue weighted by Gasteiger charge is -2.09.